The molecule has 9 nitrogen and oxygen atoms in total. The highest BCUT2D eigenvalue weighted by Gasteiger charge is 2.21. The summed E-state index contributed by atoms with van der Waals surface area (Å²) in [5.74, 6) is 1.45. The van der Waals surface area contributed by atoms with E-state index in [4.69, 9.17) is 20.3 Å². The lowest BCUT2D eigenvalue weighted by Gasteiger charge is -2.18. The molecule has 208 valence electrons. The van der Waals surface area contributed by atoms with E-state index in [2.05, 4.69) is 16.5 Å². The van der Waals surface area contributed by atoms with Crippen molar-refractivity contribution in [3.8, 4) is 22.8 Å². The van der Waals surface area contributed by atoms with Crippen LogP contribution in [0.5, 0.6) is 11.5 Å². The van der Waals surface area contributed by atoms with Crippen molar-refractivity contribution in [3.63, 3.8) is 0 Å². The van der Waals surface area contributed by atoms with Crippen molar-refractivity contribution in [3.05, 3.63) is 101 Å². The van der Waals surface area contributed by atoms with E-state index in [0.717, 1.165) is 22.1 Å². The summed E-state index contributed by atoms with van der Waals surface area (Å²) in [5.41, 5.74) is 11.2. The number of benzene rings is 2. The van der Waals surface area contributed by atoms with Crippen molar-refractivity contribution in [2.75, 3.05) is 20.0 Å². The molecule has 0 aliphatic carbocycles. The van der Waals surface area contributed by atoms with E-state index in [1.807, 2.05) is 81.5 Å². The molecule has 5 rings (SSSR count). The van der Waals surface area contributed by atoms with Gasteiger partial charge in [-0.1, -0.05) is 36.9 Å². The number of anilines is 1. The Balaban J connectivity index is 1.78. The van der Waals surface area contributed by atoms with Crippen LogP contribution < -0.4 is 20.8 Å². The summed E-state index contributed by atoms with van der Waals surface area (Å²) in [7, 11) is 3.17. The zero-order chi connectivity index (χ0) is 29.3. The molecule has 0 atom stereocenters. The van der Waals surface area contributed by atoms with Gasteiger partial charge < -0.3 is 15.2 Å². The number of hydrogen-bond acceptors (Lipinski definition) is 7. The van der Waals surface area contributed by atoms with Crippen LogP contribution in [0.3, 0.4) is 0 Å². The molecule has 0 saturated carbocycles. The summed E-state index contributed by atoms with van der Waals surface area (Å²) in [6.45, 7) is 10.2. The molecule has 0 saturated heterocycles. The average Bonchev–Trinajstić information content (AvgIpc) is 3.33. The van der Waals surface area contributed by atoms with Crippen molar-refractivity contribution < 1.29 is 9.47 Å². The minimum absolute atomic E-state index is 0.125. The first-order chi connectivity index (χ1) is 19.8. The third kappa shape index (κ3) is 4.86. The van der Waals surface area contributed by atoms with Gasteiger partial charge in [0.15, 0.2) is 17.1 Å². The number of allylic oxidation sites excluding steroid dienone is 5. The van der Waals surface area contributed by atoms with Crippen LogP contribution in [0.1, 0.15) is 25.1 Å². The van der Waals surface area contributed by atoms with E-state index >= 15 is 0 Å². The molecule has 0 unspecified atom stereocenters. The molecule has 0 spiro atoms. The summed E-state index contributed by atoms with van der Waals surface area (Å²) >= 11 is 0. The Morgan fingerprint density at radius 1 is 1.07 bits per heavy atom. The summed E-state index contributed by atoms with van der Waals surface area (Å²) < 4.78 is 14.4. The molecule has 0 fully saturated rings. The first-order valence-corrected chi connectivity index (χ1v) is 13.1. The molecule has 0 aliphatic heterocycles. The van der Waals surface area contributed by atoms with Crippen molar-refractivity contribution in [2.24, 2.45) is 0 Å². The van der Waals surface area contributed by atoms with Gasteiger partial charge in [-0.2, -0.15) is 5.10 Å². The van der Waals surface area contributed by atoms with Crippen LogP contribution in [0.2, 0.25) is 0 Å². The fourth-order valence-corrected chi connectivity index (χ4v) is 5.04. The third-order valence-electron chi connectivity index (χ3n) is 6.98. The second kappa shape index (κ2) is 11.1. The largest absolute Gasteiger partial charge is 0.493 e. The van der Waals surface area contributed by atoms with E-state index in [0.29, 0.717) is 50.8 Å². The zero-order valence-corrected chi connectivity index (χ0v) is 23.8. The van der Waals surface area contributed by atoms with Gasteiger partial charge in [-0.25, -0.2) is 14.6 Å². The quantitative estimate of drug-likeness (QED) is 0.246. The van der Waals surface area contributed by atoms with Crippen molar-refractivity contribution in [2.45, 2.75) is 27.3 Å². The van der Waals surface area contributed by atoms with E-state index in [-0.39, 0.29) is 12.1 Å². The number of nitrogen functional groups attached to an aromatic ring is 1. The van der Waals surface area contributed by atoms with E-state index < -0.39 is 0 Å². The summed E-state index contributed by atoms with van der Waals surface area (Å²) in [6, 6.07) is 13.4. The van der Waals surface area contributed by atoms with Crippen molar-refractivity contribution >= 4 is 33.3 Å². The lowest BCUT2D eigenvalue weighted by molar-refractivity contribution is 0.355. The highest BCUT2D eigenvalue weighted by atomic mass is 16.5. The molecule has 5 aromatic rings. The van der Waals surface area contributed by atoms with Crippen LogP contribution in [-0.4, -0.2) is 38.5 Å². The number of aryl methyl sites for hydroxylation is 1. The van der Waals surface area contributed by atoms with Gasteiger partial charge in [-0.15, -0.1) is 0 Å². The van der Waals surface area contributed by atoms with Crippen LogP contribution in [0.15, 0.2) is 84.0 Å². The third-order valence-corrected chi connectivity index (χ3v) is 6.98. The number of pyridine rings is 1. The molecule has 41 heavy (non-hydrogen) atoms. The molecular formula is C32H32N6O3. The van der Waals surface area contributed by atoms with Crippen LogP contribution in [0, 0.1) is 6.92 Å². The molecule has 2 aromatic carbocycles. The monoisotopic (exact) mass is 548 g/mol. The minimum atomic E-state index is -0.125. The second-order valence-corrected chi connectivity index (χ2v) is 9.71. The standard InChI is InChI=1S/C32H32N6O3/c1-7-8-12-24(19(2)3)38-23(15-21-11-9-10-20(4)27(21)32(38)39)17-37-31-28(30(33)34-18-35-31)29(36-37)22-13-14-25(40-5)26(16-22)41-6/h7-16,18H,2,17H2,1,3-6H3,(H2,33,34,35)/b8-7-,24-12+. The maximum atomic E-state index is 14.1. The van der Waals surface area contributed by atoms with Gasteiger partial charge in [-0.05, 0) is 67.6 Å². The van der Waals surface area contributed by atoms with Crippen molar-refractivity contribution in [1.29, 1.82) is 0 Å². The number of hydrogen-bond donors (Lipinski definition) is 1. The molecule has 0 amide bonds. The predicted octanol–water partition coefficient (Wildman–Crippen LogP) is 5.76. The van der Waals surface area contributed by atoms with Gasteiger partial charge in [0.1, 0.15) is 17.8 Å². The Hall–Kier alpha value is -5.18. The summed E-state index contributed by atoms with van der Waals surface area (Å²) in [6.07, 6.45) is 7.12. The summed E-state index contributed by atoms with van der Waals surface area (Å²) in [4.78, 5) is 22.9. The fourth-order valence-electron chi connectivity index (χ4n) is 5.04. The average molecular weight is 549 g/mol. The number of nitrogens with two attached hydrogens (primary N) is 1. The number of rotatable bonds is 8. The van der Waals surface area contributed by atoms with Crippen LogP contribution in [0.4, 0.5) is 5.82 Å². The smallest absolute Gasteiger partial charge is 0.263 e. The van der Waals surface area contributed by atoms with Gasteiger partial charge in [0.05, 0.1) is 37.2 Å². The number of aromatic nitrogens is 5. The number of nitrogens with zero attached hydrogens (tertiary/aromatic N) is 5. The summed E-state index contributed by atoms with van der Waals surface area (Å²) in [5, 5.41) is 7.06. The lowest BCUT2D eigenvalue weighted by atomic mass is 10.1. The van der Waals surface area contributed by atoms with Crippen LogP contribution in [0.25, 0.3) is 38.8 Å². The van der Waals surface area contributed by atoms with Gasteiger partial charge in [0, 0.05) is 11.3 Å². The Bertz CT molecular complexity index is 1930. The minimum Gasteiger partial charge on any atom is -0.493 e. The number of ether oxygens (including phenoxy) is 2. The predicted molar refractivity (Wildman–Crippen MR) is 164 cm³/mol. The number of methoxy groups -OCH3 is 2. The Morgan fingerprint density at radius 3 is 2.56 bits per heavy atom. The van der Waals surface area contributed by atoms with E-state index in [9.17, 15) is 4.79 Å². The molecule has 3 heterocycles. The van der Waals surface area contributed by atoms with Crippen LogP contribution >= 0.6 is 0 Å². The maximum Gasteiger partial charge on any atom is 0.263 e. The highest BCUT2D eigenvalue weighted by molar-refractivity contribution is 5.98. The first-order valence-electron chi connectivity index (χ1n) is 13.1. The maximum absolute atomic E-state index is 14.1. The highest BCUT2D eigenvalue weighted by Crippen LogP contribution is 2.36. The Kier molecular flexibility index (Phi) is 7.43. The molecule has 0 bridgehead atoms. The van der Waals surface area contributed by atoms with Gasteiger partial charge in [0.2, 0.25) is 0 Å². The molecule has 3 aromatic heterocycles. The molecular weight excluding hydrogens is 516 g/mol. The Morgan fingerprint density at radius 2 is 1.85 bits per heavy atom. The van der Waals surface area contributed by atoms with Gasteiger partial charge in [0.25, 0.3) is 5.56 Å². The first kappa shape index (κ1) is 27.4. The molecule has 2 N–H and O–H groups in total. The van der Waals surface area contributed by atoms with E-state index in [1.165, 1.54) is 6.33 Å². The SMILES string of the molecule is C=C(C)/C(=C\C=C/C)n1c(Cn2nc(-c3ccc(OC)c(OC)c3)c3c(N)ncnc32)cc2cccc(C)c2c1=O. The van der Waals surface area contributed by atoms with Gasteiger partial charge in [-0.3, -0.25) is 9.36 Å². The number of fused-ring (bicyclic) bond motifs is 2. The Labute approximate surface area is 237 Å². The molecule has 0 aliphatic rings. The van der Waals surface area contributed by atoms with Crippen LogP contribution in [-0.2, 0) is 6.54 Å². The fraction of sp³-hybridized carbons (Fsp3) is 0.188. The molecule has 9 heteroatoms. The normalized spacial score (nSPS) is 12.0. The van der Waals surface area contributed by atoms with E-state index in [1.54, 1.807) is 23.5 Å². The topological polar surface area (TPSA) is 110 Å². The zero-order valence-electron chi connectivity index (χ0n) is 23.8. The second-order valence-electron chi connectivity index (χ2n) is 9.71. The van der Waals surface area contributed by atoms with Gasteiger partial charge >= 0.3 is 0 Å². The van der Waals surface area contributed by atoms with Crippen molar-refractivity contribution in [1.82, 2.24) is 24.3 Å². The molecule has 0 radical (unpaired) electrons. The lowest BCUT2D eigenvalue weighted by Crippen LogP contribution is -2.25.